The van der Waals surface area contributed by atoms with E-state index in [2.05, 4.69) is 55.4 Å². The summed E-state index contributed by atoms with van der Waals surface area (Å²) < 4.78 is -0.481. The zero-order valence-corrected chi connectivity index (χ0v) is 30.5. The summed E-state index contributed by atoms with van der Waals surface area (Å²) in [5.41, 5.74) is 0. The second-order valence-corrected chi connectivity index (χ2v) is 10.9. The Bertz CT molecular complexity index is 280. The van der Waals surface area contributed by atoms with E-state index in [9.17, 15) is 0 Å². The Morgan fingerprint density at radius 1 is 0.333 bits per heavy atom. The quantitative estimate of drug-likeness (QED) is 0.281. The van der Waals surface area contributed by atoms with Gasteiger partial charge in [-0.2, -0.15) is 0 Å². The van der Waals surface area contributed by atoms with Crippen LogP contribution in [0.2, 0.25) is 0 Å². The molecule has 0 N–H and O–H groups in total. The Hall–Kier alpha value is 3.52. The third-order valence-corrected chi connectivity index (χ3v) is 6.83. The van der Waals surface area contributed by atoms with Crippen LogP contribution in [0.15, 0.2) is 0 Å². The molecule has 0 aromatic rings. The molecule has 33 heavy (non-hydrogen) atoms. The molecule has 4 nitrogen and oxygen atoms in total. The van der Waals surface area contributed by atoms with Crippen molar-refractivity contribution in [2.75, 3.05) is 52.4 Å². The first-order valence-corrected chi connectivity index (χ1v) is 14.9. The summed E-state index contributed by atoms with van der Waals surface area (Å²) in [4.78, 5) is 8.19. The van der Waals surface area contributed by atoms with Crippen molar-refractivity contribution in [3.63, 3.8) is 0 Å². The Balaban J connectivity index is -0.000000105. The molecule has 0 spiro atoms. The molecule has 0 radical (unpaired) electrons. The molecule has 0 saturated heterocycles. The van der Waals surface area contributed by atoms with Crippen molar-refractivity contribution in [2.45, 2.75) is 74.2 Å². The summed E-state index contributed by atoms with van der Waals surface area (Å²) in [5.74, 6) is 0. The van der Waals surface area contributed by atoms with Crippen molar-refractivity contribution in [1.82, 2.24) is 19.6 Å². The fraction of sp³-hybridized carbons (Fsp3) is 1.00. The molecule has 0 rings (SSSR count). The minimum absolute atomic E-state index is 0. The Labute approximate surface area is 270 Å². The summed E-state index contributed by atoms with van der Waals surface area (Å²) in [6, 6.07) is 0. The molecule has 0 aliphatic carbocycles. The van der Waals surface area contributed by atoms with Crippen LogP contribution in [0, 0.1) is 0 Å². The van der Waals surface area contributed by atoms with Crippen LogP contribution in [-0.4, -0.2) is 90.8 Å². The summed E-state index contributed by atoms with van der Waals surface area (Å²) >= 11 is 38.7. The van der Waals surface area contributed by atoms with Crippen molar-refractivity contribution in [2.24, 2.45) is 0 Å². The molecule has 0 fully saturated rings. The largest absolute Gasteiger partial charge is 0.800 e. The smallest absolute Gasteiger partial charge is 0 e. The van der Waals surface area contributed by atoms with E-state index >= 15 is 0 Å². The van der Waals surface area contributed by atoms with Gasteiger partial charge in [-0.25, -0.2) is 18.8 Å². The van der Waals surface area contributed by atoms with Crippen LogP contribution in [0.5, 0.6) is 0 Å². The van der Waals surface area contributed by atoms with Gasteiger partial charge in [-0.1, -0.05) is 55.4 Å². The van der Waals surface area contributed by atoms with E-state index in [1.165, 1.54) is 0 Å². The first-order valence-electron chi connectivity index (χ1n) is 11.1. The van der Waals surface area contributed by atoms with E-state index in [1.54, 1.807) is 0 Å². The maximum Gasteiger partial charge on any atom is 0 e. The van der Waals surface area contributed by atoms with E-state index in [-0.39, 0.29) is 45.0 Å². The summed E-state index contributed by atoms with van der Waals surface area (Å²) in [6.07, 6.45) is 0. The van der Waals surface area contributed by atoms with Crippen LogP contribution in [0.4, 0.5) is 0 Å². The van der Waals surface area contributed by atoms with E-state index < -0.39 is 0 Å². The van der Waals surface area contributed by atoms with Gasteiger partial charge >= 0.3 is 0 Å². The Morgan fingerprint density at radius 3 is 0.424 bits per heavy atom. The molecule has 0 aromatic carbocycles. The van der Waals surface area contributed by atoms with Gasteiger partial charge in [0.25, 0.3) is 0 Å². The SMILES string of the molecule is CCN(CC)C([S-])[S-].CCN(CC)C([S-])[S-].CCN(CC)C([S-])[S-].CCN(CC)C([S-])[S-].[Zr]. The molecule has 0 aliphatic rings. The molecule has 0 bridgehead atoms. The van der Waals surface area contributed by atoms with Crippen molar-refractivity contribution >= 4 is 101 Å². The third-order valence-electron chi connectivity index (χ3n) is 4.44. The van der Waals surface area contributed by atoms with Gasteiger partial charge in [0.05, 0.1) is 0 Å². The predicted molar refractivity (Wildman–Crippen MR) is 166 cm³/mol. The maximum absolute atomic E-state index is 4.84. The van der Waals surface area contributed by atoms with Crippen LogP contribution in [0.25, 0.3) is 0 Å². The van der Waals surface area contributed by atoms with Crippen LogP contribution in [-0.2, 0) is 127 Å². The van der Waals surface area contributed by atoms with Crippen LogP contribution >= 0.6 is 0 Å². The summed E-state index contributed by atoms with van der Waals surface area (Å²) in [6.45, 7) is 24.2. The molecular formula is C20H44N4S8Zr-8. The molecule has 204 valence electrons. The van der Waals surface area contributed by atoms with Crippen LogP contribution < -0.4 is 0 Å². The van der Waals surface area contributed by atoms with Gasteiger partial charge in [-0.3, -0.25) is 0 Å². The molecule has 13 heteroatoms. The second kappa shape index (κ2) is 33.6. The van der Waals surface area contributed by atoms with Gasteiger partial charge in [-0.05, 0) is 52.4 Å². The zero-order valence-electron chi connectivity index (χ0n) is 21.5. The van der Waals surface area contributed by atoms with Gasteiger partial charge in [0.2, 0.25) is 0 Å². The van der Waals surface area contributed by atoms with Gasteiger partial charge in [0.1, 0.15) is 0 Å². The summed E-state index contributed by atoms with van der Waals surface area (Å²) in [5, 5.41) is 0. The normalized spacial score (nSPS) is 10.9. The van der Waals surface area contributed by atoms with Crippen molar-refractivity contribution in [1.29, 1.82) is 0 Å². The van der Waals surface area contributed by atoms with Crippen LogP contribution in [0.1, 0.15) is 55.4 Å². The third kappa shape index (κ3) is 31.6. The first kappa shape index (κ1) is 46.4. The van der Waals surface area contributed by atoms with E-state index in [4.69, 9.17) is 101 Å². The Morgan fingerprint density at radius 2 is 0.424 bits per heavy atom. The van der Waals surface area contributed by atoms with Gasteiger partial charge in [-0.15, -0.1) is 0 Å². The predicted octanol–water partition coefficient (Wildman–Crippen LogP) is 2.82. The number of hydrogen-bond donors (Lipinski definition) is 0. The monoisotopic (exact) mass is 686 g/mol. The van der Waals surface area contributed by atoms with Crippen molar-refractivity contribution in [3.05, 3.63) is 0 Å². The summed E-state index contributed by atoms with van der Waals surface area (Å²) in [7, 11) is 0. The fourth-order valence-electron chi connectivity index (χ4n) is 2.09. The molecule has 0 aromatic heterocycles. The molecular weight excluding hydrogens is 644 g/mol. The number of hydrogen-bond acceptors (Lipinski definition) is 12. The zero-order chi connectivity index (χ0) is 26.3. The second-order valence-electron chi connectivity index (χ2n) is 6.11. The van der Waals surface area contributed by atoms with Crippen LogP contribution in [0.3, 0.4) is 0 Å². The average Bonchev–Trinajstić information content (AvgIpc) is 2.72. The minimum atomic E-state index is -0.120. The average molecular weight is 688 g/mol. The first-order chi connectivity index (χ1) is 14.9. The van der Waals surface area contributed by atoms with E-state index in [1.807, 2.05) is 19.6 Å². The number of nitrogens with zero attached hydrogens (tertiary/aromatic N) is 4. The maximum atomic E-state index is 4.84. The van der Waals surface area contributed by atoms with E-state index in [0.29, 0.717) is 0 Å². The van der Waals surface area contributed by atoms with Gasteiger partial charge in [0, 0.05) is 26.2 Å². The molecule has 0 atom stereocenters. The topological polar surface area (TPSA) is 13.0 Å². The molecule has 0 aliphatic heterocycles. The van der Waals surface area contributed by atoms with E-state index in [0.717, 1.165) is 52.4 Å². The number of rotatable bonds is 12. The minimum Gasteiger partial charge on any atom is -0.800 e. The fourth-order valence-corrected chi connectivity index (χ4v) is 4.47. The standard InChI is InChI=1S/4C5H13NS2.Zr/c4*1-3-6(4-2)5(7)8;/h4*5,7-8H,3-4H2,1-2H3;/p-8. The van der Waals surface area contributed by atoms with Gasteiger partial charge < -0.3 is 121 Å². The Kier molecular flexibility index (Phi) is 47.2. The molecule has 0 saturated carbocycles. The van der Waals surface area contributed by atoms with Crippen molar-refractivity contribution in [3.8, 4) is 0 Å². The molecule has 0 unspecified atom stereocenters. The van der Waals surface area contributed by atoms with Crippen molar-refractivity contribution < 1.29 is 26.2 Å². The molecule has 0 amide bonds. The van der Waals surface area contributed by atoms with Gasteiger partial charge in [0.15, 0.2) is 0 Å². The molecule has 0 heterocycles.